The molecule has 2 unspecified atom stereocenters. The van der Waals surface area contributed by atoms with Gasteiger partial charge in [0.2, 0.25) is 0 Å². The molecule has 0 radical (unpaired) electrons. The molecule has 0 saturated carbocycles. The van der Waals surface area contributed by atoms with Gasteiger partial charge in [0.25, 0.3) is 5.91 Å². The zero-order valence-electron chi connectivity index (χ0n) is 20.4. The van der Waals surface area contributed by atoms with E-state index in [-0.39, 0.29) is 11.6 Å². The number of anilines is 2. The molecule has 194 valence electrons. The van der Waals surface area contributed by atoms with Crippen LogP contribution in [0.25, 0.3) is 0 Å². The molecule has 1 saturated heterocycles. The van der Waals surface area contributed by atoms with Crippen LogP contribution >= 0.6 is 12.8 Å². The second-order valence-electron chi connectivity index (χ2n) is 8.77. The highest BCUT2D eigenvalue weighted by Gasteiger charge is 2.24. The summed E-state index contributed by atoms with van der Waals surface area (Å²) in [6.45, 7) is 3.55. The second kappa shape index (κ2) is 12.5. The van der Waals surface area contributed by atoms with Crippen molar-refractivity contribution < 1.29 is 18.5 Å². The number of rotatable bonds is 7. The van der Waals surface area contributed by atoms with Crippen molar-refractivity contribution in [2.24, 2.45) is 0 Å². The van der Waals surface area contributed by atoms with E-state index in [1.165, 1.54) is 28.9 Å². The largest absolute Gasteiger partial charge is 0.593 e. The van der Waals surface area contributed by atoms with E-state index >= 15 is 0 Å². The number of hydrogen-bond donors (Lipinski definition) is 3. The molecule has 3 amide bonds. The Hall–Kier alpha value is -3.05. The molecule has 2 atom stereocenters. The number of thiol groups is 1. The van der Waals surface area contributed by atoms with Gasteiger partial charge >= 0.3 is 6.03 Å². The summed E-state index contributed by atoms with van der Waals surface area (Å²) in [6, 6.07) is 18.9. The maximum atomic E-state index is 13.8. The number of nitrogens with zero attached hydrogens (tertiary/aromatic N) is 2. The van der Waals surface area contributed by atoms with E-state index in [0.29, 0.717) is 11.4 Å². The Morgan fingerprint density at radius 3 is 2.30 bits per heavy atom. The van der Waals surface area contributed by atoms with Crippen LogP contribution in [0, 0.1) is 5.82 Å². The summed E-state index contributed by atoms with van der Waals surface area (Å²) in [5, 5.41) is 5.53. The third-order valence-electron chi connectivity index (χ3n) is 6.15. The molecular formula is C27H29FN4O3S2. The quantitative estimate of drug-likeness (QED) is 0.265. The highest BCUT2D eigenvalue weighted by molar-refractivity contribution is 7.89. The van der Waals surface area contributed by atoms with Gasteiger partial charge in [0.15, 0.2) is 4.90 Å². The van der Waals surface area contributed by atoms with Crippen molar-refractivity contribution in [2.45, 2.75) is 37.1 Å². The first kappa shape index (κ1) is 27.0. The lowest BCUT2D eigenvalue weighted by atomic mass is 10.1. The Morgan fingerprint density at radius 2 is 1.65 bits per heavy atom. The minimum Gasteiger partial charge on any atom is -0.593 e. The van der Waals surface area contributed by atoms with Gasteiger partial charge in [0.1, 0.15) is 5.82 Å². The average Bonchev–Trinajstić information content (AvgIpc) is 2.93. The number of carbonyl (C=O) groups is 2. The van der Waals surface area contributed by atoms with Crippen LogP contribution in [0.2, 0.25) is 0 Å². The number of amides is 3. The predicted octanol–water partition coefficient (Wildman–Crippen LogP) is 5.71. The van der Waals surface area contributed by atoms with Crippen molar-refractivity contribution in [2.75, 3.05) is 22.7 Å². The summed E-state index contributed by atoms with van der Waals surface area (Å²) >= 11 is 3.15. The summed E-state index contributed by atoms with van der Waals surface area (Å²) in [6.07, 6.45) is 3.32. The first-order valence-electron chi connectivity index (χ1n) is 12.1. The van der Waals surface area contributed by atoms with Crippen LogP contribution in [0.4, 0.5) is 20.6 Å². The van der Waals surface area contributed by atoms with Crippen LogP contribution in [0.15, 0.2) is 77.7 Å². The van der Waals surface area contributed by atoms with Gasteiger partial charge in [-0.15, -0.1) is 4.31 Å². The number of nitrogens with one attached hydrogen (secondary N) is 2. The van der Waals surface area contributed by atoms with E-state index in [4.69, 9.17) is 0 Å². The number of urea groups is 1. The maximum absolute atomic E-state index is 13.8. The van der Waals surface area contributed by atoms with Gasteiger partial charge in [-0.2, -0.15) is 0 Å². The summed E-state index contributed by atoms with van der Waals surface area (Å²) < 4.78 is 29.8. The van der Waals surface area contributed by atoms with Gasteiger partial charge in [-0.3, -0.25) is 4.79 Å². The molecule has 1 heterocycles. The summed E-state index contributed by atoms with van der Waals surface area (Å²) in [5.74, 6) is -1.17. The topological polar surface area (TPSA) is 87.7 Å². The molecular weight excluding hydrogens is 511 g/mol. The Kier molecular flexibility index (Phi) is 9.09. The molecule has 37 heavy (non-hydrogen) atoms. The van der Waals surface area contributed by atoms with E-state index in [1.54, 1.807) is 30.3 Å². The van der Waals surface area contributed by atoms with Crippen molar-refractivity contribution in [3.05, 3.63) is 89.7 Å². The Morgan fingerprint density at radius 1 is 1.00 bits per heavy atom. The van der Waals surface area contributed by atoms with Crippen molar-refractivity contribution in [3.8, 4) is 0 Å². The highest BCUT2D eigenvalue weighted by Crippen LogP contribution is 2.24. The van der Waals surface area contributed by atoms with Gasteiger partial charge in [0, 0.05) is 18.8 Å². The summed E-state index contributed by atoms with van der Waals surface area (Å²) in [5.41, 5.74) is 1.76. The fraction of sp³-hybridized carbons (Fsp3) is 0.259. The van der Waals surface area contributed by atoms with Crippen molar-refractivity contribution in [1.29, 1.82) is 0 Å². The zero-order valence-corrected chi connectivity index (χ0v) is 22.1. The average molecular weight is 541 g/mol. The fourth-order valence-electron chi connectivity index (χ4n) is 4.03. The van der Waals surface area contributed by atoms with Gasteiger partial charge < -0.3 is 15.2 Å². The van der Waals surface area contributed by atoms with Gasteiger partial charge in [-0.25, -0.2) is 13.5 Å². The second-order valence-corrected chi connectivity index (χ2v) is 10.7. The summed E-state index contributed by atoms with van der Waals surface area (Å²) in [4.78, 5) is 25.8. The molecule has 10 heteroatoms. The van der Waals surface area contributed by atoms with E-state index in [9.17, 15) is 18.5 Å². The molecule has 3 aromatic carbocycles. The molecule has 1 aliphatic heterocycles. The van der Waals surface area contributed by atoms with Crippen LogP contribution in [0.1, 0.15) is 48.1 Å². The SMILES string of the molecule is CC(NC(=O)N(S)c1ccc(NC(=O)c2ccccc2F)cc1)c1ccc([S+]([O-])N2CCCCC2)cc1. The number of carbonyl (C=O) groups excluding carboxylic acids is 2. The van der Waals surface area contributed by atoms with Gasteiger partial charge in [-0.1, -0.05) is 43.5 Å². The third kappa shape index (κ3) is 6.84. The van der Waals surface area contributed by atoms with Gasteiger partial charge in [0.05, 0.1) is 28.7 Å². The molecule has 2 N–H and O–H groups in total. The minimum atomic E-state index is -1.17. The maximum Gasteiger partial charge on any atom is 0.332 e. The van der Waals surface area contributed by atoms with Gasteiger partial charge in [-0.05, 0) is 73.9 Å². The monoisotopic (exact) mass is 540 g/mol. The fourth-order valence-corrected chi connectivity index (χ4v) is 5.48. The van der Waals surface area contributed by atoms with Crippen LogP contribution in [-0.2, 0) is 11.4 Å². The standard InChI is InChI=1S/C27H29FN4O3S2/c1-19(20-9-15-23(16-10-20)37(35)31-17-5-2-6-18-31)29-27(34)32(36)22-13-11-21(12-14-22)30-26(33)24-7-3-4-8-25(24)28/h3-4,7-16,19,36H,2,5-6,17-18H2,1H3,(H,29,34)(H,30,33). The Labute approximate surface area is 224 Å². The van der Waals surface area contributed by atoms with Crippen LogP contribution in [0.5, 0.6) is 0 Å². The molecule has 3 aromatic rings. The Bertz CT molecular complexity index is 1220. The lowest BCUT2D eigenvalue weighted by Gasteiger charge is -2.27. The molecule has 0 bridgehead atoms. The van der Waals surface area contributed by atoms with E-state index in [1.807, 2.05) is 35.5 Å². The molecule has 0 aliphatic carbocycles. The molecule has 7 nitrogen and oxygen atoms in total. The molecule has 0 spiro atoms. The first-order chi connectivity index (χ1) is 17.8. The third-order valence-corrected chi connectivity index (χ3v) is 8.07. The highest BCUT2D eigenvalue weighted by atomic mass is 32.2. The number of hydrogen-bond acceptors (Lipinski definition) is 5. The van der Waals surface area contributed by atoms with E-state index in [0.717, 1.165) is 36.4 Å². The lowest BCUT2D eigenvalue weighted by Crippen LogP contribution is -2.36. The van der Waals surface area contributed by atoms with Crippen LogP contribution in [-0.4, -0.2) is 33.9 Å². The van der Waals surface area contributed by atoms with Crippen molar-refractivity contribution in [1.82, 2.24) is 9.62 Å². The van der Waals surface area contributed by atoms with E-state index < -0.39 is 29.1 Å². The van der Waals surface area contributed by atoms with Crippen LogP contribution < -0.4 is 14.9 Å². The number of piperidine rings is 1. The molecule has 1 aliphatic rings. The smallest absolute Gasteiger partial charge is 0.332 e. The summed E-state index contributed by atoms with van der Waals surface area (Å²) in [7, 11) is 0. The Balaban J connectivity index is 1.32. The zero-order chi connectivity index (χ0) is 26.4. The number of halogens is 1. The van der Waals surface area contributed by atoms with Crippen LogP contribution in [0.3, 0.4) is 0 Å². The van der Waals surface area contributed by atoms with Crippen molar-refractivity contribution in [3.63, 3.8) is 0 Å². The normalized spacial score (nSPS) is 15.5. The van der Waals surface area contributed by atoms with Crippen molar-refractivity contribution >= 4 is 47.5 Å². The first-order valence-corrected chi connectivity index (χ1v) is 13.6. The minimum absolute atomic E-state index is 0.0541. The molecule has 0 aromatic heterocycles. The van der Waals surface area contributed by atoms with E-state index in [2.05, 4.69) is 23.4 Å². The lowest BCUT2D eigenvalue weighted by molar-refractivity contribution is 0.102. The molecule has 4 rings (SSSR count). The predicted molar refractivity (Wildman–Crippen MR) is 147 cm³/mol. The molecule has 1 fully saturated rings. The number of benzene rings is 3.